The molecule has 4 heteroatoms. The summed E-state index contributed by atoms with van der Waals surface area (Å²) in [6.45, 7) is 0. The Kier molecular flexibility index (Phi) is 5.89. The largest absolute Gasteiger partial charge is 0.497 e. The third-order valence-electron chi connectivity index (χ3n) is 5.10. The van der Waals surface area contributed by atoms with Crippen molar-refractivity contribution in [1.29, 1.82) is 0 Å². The van der Waals surface area contributed by atoms with Crippen molar-refractivity contribution < 1.29 is 9.47 Å². The maximum Gasteiger partial charge on any atom is 0.235 e. The molecule has 3 rings (SSSR count). The Hall–Kier alpha value is -1.84. The molecule has 2 aromatic rings. The monoisotopic (exact) mass is 328 g/mol. The summed E-state index contributed by atoms with van der Waals surface area (Å²) < 4.78 is 10.7. The number of methoxy groups -OCH3 is 2. The average Bonchev–Trinajstić information content (AvgIpc) is 3.13. The molecule has 0 spiro atoms. The van der Waals surface area contributed by atoms with Crippen LogP contribution in [0.3, 0.4) is 0 Å². The number of aryl methyl sites for hydroxylation is 1. The van der Waals surface area contributed by atoms with Crippen molar-refractivity contribution in [3.05, 3.63) is 23.9 Å². The van der Waals surface area contributed by atoms with E-state index in [0.29, 0.717) is 5.88 Å². The van der Waals surface area contributed by atoms with Crippen molar-refractivity contribution in [3.63, 3.8) is 0 Å². The van der Waals surface area contributed by atoms with Crippen LogP contribution in [0.1, 0.15) is 57.1 Å². The molecule has 0 bridgehead atoms. The van der Waals surface area contributed by atoms with Crippen LogP contribution in [-0.4, -0.2) is 24.2 Å². The van der Waals surface area contributed by atoms with Crippen LogP contribution in [-0.2, 0) is 6.42 Å². The second-order valence-corrected chi connectivity index (χ2v) is 6.78. The number of nitrogens with zero attached hydrogens (tertiary/aromatic N) is 2. The molecule has 0 amide bonds. The number of rotatable bonds is 8. The molecule has 0 N–H and O–H groups in total. The van der Waals surface area contributed by atoms with Gasteiger partial charge in [0.1, 0.15) is 11.4 Å². The molecule has 0 radical (unpaired) electrons. The highest BCUT2D eigenvalue weighted by atomic mass is 16.5. The summed E-state index contributed by atoms with van der Waals surface area (Å²) in [5.41, 5.74) is 2.68. The van der Waals surface area contributed by atoms with Crippen LogP contribution in [0.25, 0.3) is 11.0 Å². The highest BCUT2D eigenvalue weighted by Crippen LogP contribution is 2.29. The Morgan fingerprint density at radius 3 is 2.54 bits per heavy atom. The molecule has 24 heavy (non-hydrogen) atoms. The molecule has 0 saturated heterocycles. The van der Waals surface area contributed by atoms with E-state index >= 15 is 0 Å². The van der Waals surface area contributed by atoms with E-state index in [2.05, 4.69) is 4.98 Å². The Morgan fingerprint density at radius 2 is 1.79 bits per heavy atom. The predicted octanol–water partition coefficient (Wildman–Crippen LogP) is 4.94. The molecule has 1 aromatic carbocycles. The molecule has 1 saturated carbocycles. The average molecular weight is 328 g/mol. The minimum absolute atomic E-state index is 0.645. The van der Waals surface area contributed by atoms with E-state index in [9.17, 15) is 0 Å². The van der Waals surface area contributed by atoms with Crippen molar-refractivity contribution >= 4 is 11.0 Å². The molecular formula is C20H28N2O2. The van der Waals surface area contributed by atoms with Gasteiger partial charge < -0.3 is 9.47 Å². The third kappa shape index (κ3) is 4.16. The van der Waals surface area contributed by atoms with E-state index < -0.39 is 0 Å². The van der Waals surface area contributed by atoms with Crippen LogP contribution in [0.5, 0.6) is 11.6 Å². The lowest BCUT2D eigenvalue weighted by molar-refractivity contribution is 0.389. The zero-order valence-corrected chi connectivity index (χ0v) is 14.9. The summed E-state index contributed by atoms with van der Waals surface area (Å²) in [6.07, 6.45) is 11.9. The van der Waals surface area contributed by atoms with E-state index in [-0.39, 0.29) is 0 Å². The minimum atomic E-state index is 0.645. The zero-order valence-electron chi connectivity index (χ0n) is 14.9. The molecule has 1 aromatic heterocycles. The minimum Gasteiger partial charge on any atom is -0.497 e. The highest BCUT2D eigenvalue weighted by molar-refractivity contribution is 5.76. The van der Waals surface area contributed by atoms with Crippen molar-refractivity contribution in [2.45, 2.75) is 57.8 Å². The third-order valence-corrected chi connectivity index (χ3v) is 5.10. The molecule has 1 fully saturated rings. The summed E-state index contributed by atoms with van der Waals surface area (Å²) in [5.74, 6) is 2.43. The molecule has 1 aliphatic carbocycles. The normalized spacial score (nSPS) is 15.1. The summed E-state index contributed by atoms with van der Waals surface area (Å²) in [4.78, 5) is 9.35. The van der Waals surface area contributed by atoms with Crippen LogP contribution in [0, 0.1) is 5.92 Å². The van der Waals surface area contributed by atoms with Gasteiger partial charge in [-0.05, 0) is 30.9 Å². The van der Waals surface area contributed by atoms with Gasteiger partial charge in [0.15, 0.2) is 0 Å². The maximum atomic E-state index is 5.45. The lowest BCUT2D eigenvalue weighted by Gasteiger charge is -2.10. The second-order valence-electron chi connectivity index (χ2n) is 6.78. The van der Waals surface area contributed by atoms with Crippen LogP contribution in [0.2, 0.25) is 0 Å². The lowest BCUT2D eigenvalue weighted by atomic mass is 9.99. The highest BCUT2D eigenvalue weighted by Gasteiger charge is 2.14. The number of aromatic nitrogens is 2. The van der Waals surface area contributed by atoms with E-state index in [1.54, 1.807) is 14.2 Å². The number of unbranched alkanes of at least 4 members (excludes halogenated alkanes) is 2. The fourth-order valence-corrected chi connectivity index (χ4v) is 3.71. The quantitative estimate of drug-likeness (QED) is 0.644. The van der Waals surface area contributed by atoms with Crippen molar-refractivity contribution in [3.8, 4) is 11.6 Å². The van der Waals surface area contributed by atoms with Gasteiger partial charge in [0, 0.05) is 6.07 Å². The standard InChI is InChI=1S/C20H28N2O2/c1-23-16-12-13-17-19(14-16)22-20(24-2)18(21-17)11-5-3-4-8-15-9-6-7-10-15/h12-15H,3-11H2,1-2H3. The first kappa shape index (κ1) is 17.0. The molecular weight excluding hydrogens is 300 g/mol. The zero-order chi connectivity index (χ0) is 16.8. The smallest absolute Gasteiger partial charge is 0.235 e. The molecule has 0 atom stereocenters. The first-order valence-electron chi connectivity index (χ1n) is 9.19. The summed E-state index contributed by atoms with van der Waals surface area (Å²) in [7, 11) is 3.32. The summed E-state index contributed by atoms with van der Waals surface area (Å²) >= 11 is 0. The number of benzene rings is 1. The van der Waals surface area contributed by atoms with Crippen molar-refractivity contribution in [2.24, 2.45) is 5.92 Å². The van der Waals surface area contributed by atoms with Gasteiger partial charge in [-0.1, -0.05) is 44.9 Å². The van der Waals surface area contributed by atoms with Crippen LogP contribution in [0.15, 0.2) is 18.2 Å². The van der Waals surface area contributed by atoms with Crippen LogP contribution < -0.4 is 9.47 Å². The summed E-state index contributed by atoms with van der Waals surface area (Å²) in [5, 5.41) is 0. The Labute approximate surface area is 144 Å². The fourth-order valence-electron chi connectivity index (χ4n) is 3.71. The Bertz CT molecular complexity index is 666. The Morgan fingerprint density at radius 1 is 0.958 bits per heavy atom. The molecule has 1 heterocycles. The van der Waals surface area contributed by atoms with Crippen LogP contribution in [0.4, 0.5) is 0 Å². The van der Waals surface area contributed by atoms with Crippen molar-refractivity contribution in [2.75, 3.05) is 14.2 Å². The summed E-state index contributed by atoms with van der Waals surface area (Å²) in [6, 6.07) is 5.79. The molecule has 130 valence electrons. The number of hydrogen-bond acceptors (Lipinski definition) is 4. The van der Waals surface area contributed by atoms with Gasteiger partial charge in [0.2, 0.25) is 5.88 Å². The van der Waals surface area contributed by atoms with Gasteiger partial charge in [0.05, 0.1) is 25.3 Å². The van der Waals surface area contributed by atoms with E-state index in [0.717, 1.165) is 41.2 Å². The first-order chi connectivity index (χ1) is 11.8. The maximum absolute atomic E-state index is 5.45. The Balaban J connectivity index is 1.58. The SMILES string of the molecule is COc1ccc2nc(CCCCCC3CCCC3)c(OC)nc2c1. The second kappa shape index (κ2) is 8.32. The topological polar surface area (TPSA) is 44.2 Å². The van der Waals surface area contributed by atoms with E-state index in [1.165, 1.54) is 44.9 Å². The number of ether oxygens (including phenoxy) is 2. The number of hydrogen-bond donors (Lipinski definition) is 0. The van der Waals surface area contributed by atoms with E-state index in [1.807, 2.05) is 18.2 Å². The lowest BCUT2D eigenvalue weighted by Crippen LogP contribution is -2.01. The first-order valence-corrected chi connectivity index (χ1v) is 9.19. The fraction of sp³-hybridized carbons (Fsp3) is 0.600. The van der Waals surface area contributed by atoms with Gasteiger partial charge in [-0.15, -0.1) is 0 Å². The van der Waals surface area contributed by atoms with Gasteiger partial charge >= 0.3 is 0 Å². The van der Waals surface area contributed by atoms with Gasteiger partial charge in [-0.2, -0.15) is 0 Å². The van der Waals surface area contributed by atoms with Gasteiger partial charge in [-0.3, -0.25) is 0 Å². The molecule has 1 aliphatic rings. The van der Waals surface area contributed by atoms with Gasteiger partial charge in [0.25, 0.3) is 0 Å². The van der Waals surface area contributed by atoms with Gasteiger partial charge in [-0.25, -0.2) is 9.97 Å². The molecule has 0 unspecified atom stereocenters. The van der Waals surface area contributed by atoms with Crippen molar-refractivity contribution in [1.82, 2.24) is 9.97 Å². The molecule has 4 nitrogen and oxygen atoms in total. The molecule has 0 aliphatic heterocycles. The van der Waals surface area contributed by atoms with E-state index in [4.69, 9.17) is 14.5 Å². The predicted molar refractivity (Wildman–Crippen MR) is 96.8 cm³/mol. The van der Waals surface area contributed by atoms with Crippen LogP contribution >= 0.6 is 0 Å². The number of fused-ring (bicyclic) bond motifs is 1.